The topological polar surface area (TPSA) is 75.3 Å². The van der Waals surface area contributed by atoms with E-state index in [0.717, 1.165) is 17.8 Å². The van der Waals surface area contributed by atoms with E-state index in [4.69, 9.17) is 5.41 Å². The van der Waals surface area contributed by atoms with Gasteiger partial charge in [0.1, 0.15) is 5.69 Å². The molecule has 26 heavy (non-hydrogen) atoms. The Morgan fingerprint density at radius 2 is 1.96 bits per heavy atom. The van der Waals surface area contributed by atoms with Gasteiger partial charge in [0, 0.05) is 24.6 Å². The Bertz CT molecular complexity index is 990. The number of nitrogens with one attached hydrogen (secondary N) is 1. The highest BCUT2D eigenvalue weighted by Crippen LogP contribution is 2.11. The number of nitrogens with zero attached hydrogens (tertiary/aromatic N) is 2. The van der Waals surface area contributed by atoms with E-state index in [9.17, 15) is 4.79 Å². The summed E-state index contributed by atoms with van der Waals surface area (Å²) in [6, 6.07) is 19.3. The molecule has 0 amide bonds. The molecule has 3 N–H and O–H groups in total. The average molecular weight is 345 g/mol. The molecule has 3 aromatic rings. The van der Waals surface area contributed by atoms with Gasteiger partial charge in [0.2, 0.25) is 5.43 Å². The molecule has 1 aromatic heterocycles. The van der Waals surface area contributed by atoms with E-state index in [0.29, 0.717) is 11.4 Å². The van der Waals surface area contributed by atoms with E-state index in [1.165, 1.54) is 17.8 Å². The first-order valence-corrected chi connectivity index (χ1v) is 8.51. The predicted molar refractivity (Wildman–Crippen MR) is 104 cm³/mol. The molecule has 0 bridgehead atoms. The van der Waals surface area contributed by atoms with E-state index in [2.05, 4.69) is 24.2 Å². The molecule has 0 fully saturated rings. The van der Waals surface area contributed by atoms with Crippen LogP contribution in [0, 0.1) is 5.41 Å². The van der Waals surface area contributed by atoms with Gasteiger partial charge in [0.05, 0.1) is 5.69 Å². The molecule has 0 aliphatic heterocycles. The Morgan fingerprint density at radius 1 is 1.15 bits per heavy atom. The van der Waals surface area contributed by atoms with Crippen molar-refractivity contribution in [3.05, 3.63) is 94.4 Å². The van der Waals surface area contributed by atoms with Crippen LogP contribution < -0.4 is 10.7 Å². The van der Waals surface area contributed by atoms with Crippen molar-refractivity contribution in [1.29, 1.82) is 5.41 Å². The van der Waals surface area contributed by atoms with Crippen LogP contribution in [0.2, 0.25) is 0 Å². The number of aryl methyl sites for hydroxylation is 1. The minimum atomic E-state index is -0.173. The van der Waals surface area contributed by atoms with E-state index >= 15 is 0 Å². The number of aromatic nitrogens is 2. The van der Waals surface area contributed by atoms with Gasteiger partial charge in [0.15, 0.2) is 11.4 Å². The van der Waals surface area contributed by atoms with Crippen LogP contribution in [0.5, 0.6) is 0 Å². The lowest BCUT2D eigenvalue weighted by atomic mass is 10.1. The summed E-state index contributed by atoms with van der Waals surface area (Å²) in [5.41, 5.74) is 3.81. The van der Waals surface area contributed by atoms with Crippen molar-refractivity contribution in [1.82, 2.24) is 9.78 Å². The van der Waals surface area contributed by atoms with Crippen molar-refractivity contribution < 1.29 is 5.32 Å². The summed E-state index contributed by atoms with van der Waals surface area (Å²) < 4.78 is 1.70. The summed E-state index contributed by atoms with van der Waals surface area (Å²) >= 11 is 0. The molecule has 0 radical (unpaired) electrons. The Labute approximate surface area is 152 Å². The fraction of sp³-hybridized carbons (Fsp3) is 0.0952. The third-order valence-electron chi connectivity index (χ3n) is 4.05. The van der Waals surface area contributed by atoms with Crippen LogP contribution in [0.25, 0.3) is 11.4 Å². The van der Waals surface area contributed by atoms with Gasteiger partial charge in [-0.2, -0.15) is 5.10 Å². The van der Waals surface area contributed by atoms with Crippen LogP contribution in [0.15, 0.2) is 77.7 Å². The smallest absolute Gasteiger partial charge is 0.213 e. The van der Waals surface area contributed by atoms with Gasteiger partial charge >= 0.3 is 0 Å². The minimum Gasteiger partial charge on any atom is -0.309 e. The summed E-state index contributed by atoms with van der Waals surface area (Å²) in [5.74, 6) is 0. The molecular formula is C21H21N4O+. The lowest BCUT2D eigenvalue weighted by Gasteiger charge is -2.09. The quantitative estimate of drug-likeness (QED) is 0.532. The number of nitrogens with two attached hydrogens (primary N) is 1. The van der Waals surface area contributed by atoms with Crippen LogP contribution in [-0.2, 0) is 6.42 Å². The lowest BCUT2D eigenvalue weighted by molar-refractivity contribution is -0.469. The predicted octanol–water partition coefficient (Wildman–Crippen LogP) is 2.68. The second-order valence-corrected chi connectivity index (χ2v) is 5.84. The molecule has 5 nitrogen and oxygen atoms in total. The molecule has 0 unspecified atom stereocenters. The first kappa shape index (κ1) is 17.5. The molecule has 0 saturated heterocycles. The fourth-order valence-electron chi connectivity index (χ4n) is 2.68. The van der Waals surface area contributed by atoms with Crippen LogP contribution in [-0.4, -0.2) is 16.0 Å². The number of allylic oxidation sites excluding steroid dienone is 1. The van der Waals surface area contributed by atoms with Crippen LogP contribution in [0.1, 0.15) is 18.2 Å². The molecule has 0 saturated carbocycles. The fourth-order valence-corrected chi connectivity index (χ4v) is 2.68. The number of quaternary nitrogens is 1. The highest BCUT2D eigenvalue weighted by Gasteiger charge is 2.14. The highest BCUT2D eigenvalue weighted by molar-refractivity contribution is 5.78. The Hall–Kier alpha value is -3.31. The molecule has 1 heterocycles. The second kappa shape index (κ2) is 8.18. The van der Waals surface area contributed by atoms with Gasteiger partial charge < -0.3 is 5.41 Å². The molecule has 3 rings (SSSR count). The van der Waals surface area contributed by atoms with Gasteiger partial charge in [0.25, 0.3) is 0 Å². The minimum absolute atomic E-state index is 0.173. The maximum absolute atomic E-state index is 12.4. The van der Waals surface area contributed by atoms with Crippen LogP contribution in [0.4, 0.5) is 5.69 Å². The number of hydrogen-bond acceptors (Lipinski definition) is 3. The molecule has 5 heteroatoms. The van der Waals surface area contributed by atoms with Gasteiger partial charge in [-0.05, 0) is 36.2 Å². The lowest BCUT2D eigenvalue weighted by Crippen LogP contribution is -2.75. The van der Waals surface area contributed by atoms with Crippen molar-refractivity contribution >= 4 is 17.6 Å². The second-order valence-electron chi connectivity index (χ2n) is 5.84. The maximum atomic E-state index is 12.4. The normalized spacial score (nSPS) is 11.3. The Balaban J connectivity index is 2.03. The number of rotatable bonds is 6. The monoisotopic (exact) mass is 345 g/mol. The largest absolute Gasteiger partial charge is 0.309 e. The van der Waals surface area contributed by atoms with E-state index in [1.54, 1.807) is 17.0 Å². The Kier molecular flexibility index (Phi) is 5.51. The van der Waals surface area contributed by atoms with Crippen molar-refractivity contribution in [3.8, 4) is 5.69 Å². The van der Waals surface area contributed by atoms with Crippen molar-refractivity contribution in [2.24, 2.45) is 0 Å². The van der Waals surface area contributed by atoms with Crippen LogP contribution >= 0.6 is 0 Å². The van der Waals surface area contributed by atoms with Gasteiger partial charge in [-0.25, -0.2) is 4.68 Å². The molecule has 130 valence electrons. The summed E-state index contributed by atoms with van der Waals surface area (Å²) in [5, 5.41) is 13.8. The number of benzene rings is 2. The molecule has 0 aliphatic carbocycles. The zero-order chi connectivity index (χ0) is 18.4. The summed E-state index contributed by atoms with van der Waals surface area (Å²) in [6.45, 7) is 2.10. The molecule has 2 aromatic carbocycles. The third kappa shape index (κ3) is 4.02. The van der Waals surface area contributed by atoms with E-state index in [-0.39, 0.29) is 5.43 Å². The van der Waals surface area contributed by atoms with Crippen molar-refractivity contribution in [3.63, 3.8) is 0 Å². The molecule has 0 aliphatic rings. The number of hydrogen-bond donors (Lipinski definition) is 2. The van der Waals surface area contributed by atoms with Gasteiger partial charge in [-0.1, -0.05) is 37.3 Å². The molecule has 0 atom stereocenters. The zero-order valence-electron chi connectivity index (χ0n) is 14.6. The van der Waals surface area contributed by atoms with Gasteiger partial charge in [-0.3, -0.25) is 10.1 Å². The van der Waals surface area contributed by atoms with Gasteiger partial charge in [-0.15, -0.1) is 0 Å². The average Bonchev–Trinajstić information content (AvgIpc) is 2.69. The van der Waals surface area contributed by atoms with E-state index in [1.807, 2.05) is 47.8 Å². The highest BCUT2D eigenvalue weighted by atomic mass is 16.1. The Morgan fingerprint density at radius 3 is 2.69 bits per heavy atom. The first-order valence-electron chi connectivity index (χ1n) is 8.51. The number of para-hydroxylation sites is 1. The summed E-state index contributed by atoms with van der Waals surface area (Å²) in [6.07, 6.45) is 5.36. The van der Waals surface area contributed by atoms with Crippen LogP contribution in [0.3, 0.4) is 0 Å². The third-order valence-corrected chi connectivity index (χ3v) is 4.05. The van der Waals surface area contributed by atoms with E-state index < -0.39 is 0 Å². The zero-order valence-corrected chi connectivity index (χ0v) is 14.6. The summed E-state index contributed by atoms with van der Waals surface area (Å²) in [4.78, 5) is 12.4. The standard InChI is InChI=1S/C21H20N4O/c1-2-16-7-6-10-18(15-16)25-14-12-20(26)21(24-25)19(11-13-22)23-17-8-4-3-5-9-17/h3-15,22-23H,2H2,1H3/p+1. The van der Waals surface area contributed by atoms with Crippen molar-refractivity contribution in [2.45, 2.75) is 13.3 Å². The van der Waals surface area contributed by atoms with Crippen molar-refractivity contribution in [2.75, 3.05) is 0 Å². The molecular weight excluding hydrogens is 324 g/mol. The molecule has 0 spiro atoms. The summed E-state index contributed by atoms with van der Waals surface area (Å²) in [7, 11) is 0. The maximum Gasteiger partial charge on any atom is 0.213 e. The SMILES string of the molecule is CCc1cccc(-n2ccc(=O)c(C(=CC=N)[NH2+]c3ccccc3)n2)c1. The first-order chi connectivity index (χ1) is 12.7.